The molecule has 1 aromatic carbocycles. The van der Waals surface area contributed by atoms with Gasteiger partial charge in [-0.15, -0.1) is 0 Å². The molecule has 1 amide bonds. The molecule has 6 nitrogen and oxygen atoms in total. The van der Waals surface area contributed by atoms with Crippen LogP contribution in [0.5, 0.6) is 11.5 Å². The number of halogens is 1. The van der Waals surface area contributed by atoms with Gasteiger partial charge >= 0.3 is 0 Å². The first-order valence-electron chi connectivity index (χ1n) is 7.03. The van der Waals surface area contributed by atoms with Crippen LogP contribution >= 0.6 is 11.6 Å². The van der Waals surface area contributed by atoms with Crippen molar-refractivity contribution in [3.63, 3.8) is 0 Å². The Balaban J connectivity index is 1.56. The Hall–Kier alpha value is -2.60. The van der Waals surface area contributed by atoms with Gasteiger partial charge in [-0.25, -0.2) is 10.4 Å². The van der Waals surface area contributed by atoms with Gasteiger partial charge in [-0.3, -0.25) is 4.79 Å². The van der Waals surface area contributed by atoms with Gasteiger partial charge in [0.15, 0.2) is 11.5 Å². The first-order chi connectivity index (χ1) is 11.2. The van der Waals surface area contributed by atoms with Crippen molar-refractivity contribution >= 4 is 23.7 Å². The van der Waals surface area contributed by atoms with Crippen molar-refractivity contribution in [1.29, 1.82) is 0 Å². The summed E-state index contributed by atoms with van der Waals surface area (Å²) in [6.07, 6.45) is 3.30. The first kappa shape index (κ1) is 15.3. The van der Waals surface area contributed by atoms with Crippen LogP contribution in [0.4, 0.5) is 0 Å². The zero-order valence-corrected chi connectivity index (χ0v) is 12.9. The predicted molar refractivity (Wildman–Crippen MR) is 86.1 cm³/mol. The van der Waals surface area contributed by atoms with E-state index in [0.29, 0.717) is 29.9 Å². The second-order valence-electron chi connectivity index (χ2n) is 4.86. The fraction of sp³-hybridized carbons (Fsp3) is 0.188. The van der Waals surface area contributed by atoms with Gasteiger partial charge in [0.1, 0.15) is 18.4 Å². The average molecular weight is 332 g/mol. The van der Waals surface area contributed by atoms with Crippen LogP contribution < -0.4 is 14.9 Å². The third-order valence-corrected chi connectivity index (χ3v) is 3.35. The fourth-order valence-electron chi connectivity index (χ4n) is 2.05. The van der Waals surface area contributed by atoms with Crippen molar-refractivity contribution in [2.45, 2.75) is 6.42 Å². The molecule has 0 bridgehead atoms. The molecule has 1 aromatic heterocycles. The van der Waals surface area contributed by atoms with Crippen molar-refractivity contribution in [3.8, 4) is 11.5 Å². The number of fused-ring (bicyclic) bond motifs is 1. The van der Waals surface area contributed by atoms with Crippen LogP contribution in [0.25, 0.3) is 0 Å². The van der Waals surface area contributed by atoms with Crippen LogP contribution in [0.15, 0.2) is 41.6 Å². The monoisotopic (exact) mass is 331 g/mol. The quantitative estimate of drug-likeness (QED) is 0.529. The van der Waals surface area contributed by atoms with E-state index >= 15 is 0 Å². The maximum absolute atomic E-state index is 11.8. The third kappa shape index (κ3) is 4.20. The SMILES string of the molecule is O=C(Cc1ccc(Cl)nc1)NN=Cc1ccc2c(c1)OCCO2. The van der Waals surface area contributed by atoms with Gasteiger partial charge in [0.05, 0.1) is 12.6 Å². The maximum atomic E-state index is 11.8. The Morgan fingerprint density at radius 1 is 1.26 bits per heavy atom. The molecule has 0 saturated heterocycles. The van der Waals surface area contributed by atoms with E-state index < -0.39 is 0 Å². The fourth-order valence-corrected chi connectivity index (χ4v) is 2.17. The van der Waals surface area contributed by atoms with Crippen molar-refractivity contribution in [2.75, 3.05) is 13.2 Å². The number of benzene rings is 1. The molecule has 2 aromatic rings. The smallest absolute Gasteiger partial charge is 0.244 e. The standard InChI is InChI=1S/C16H14ClN3O3/c17-15-4-2-12(9-18-15)8-16(21)20-19-10-11-1-3-13-14(7-11)23-6-5-22-13/h1-4,7,9-10H,5-6,8H2,(H,20,21). The van der Waals surface area contributed by atoms with Crippen LogP contribution in [0.1, 0.15) is 11.1 Å². The van der Waals surface area contributed by atoms with Crippen molar-refractivity contribution < 1.29 is 14.3 Å². The number of hydrazone groups is 1. The second kappa shape index (κ2) is 7.11. The Morgan fingerprint density at radius 3 is 2.87 bits per heavy atom. The van der Waals surface area contributed by atoms with E-state index in [1.165, 1.54) is 0 Å². The van der Waals surface area contributed by atoms with E-state index in [1.54, 1.807) is 24.5 Å². The van der Waals surface area contributed by atoms with E-state index in [4.69, 9.17) is 21.1 Å². The maximum Gasteiger partial charge on any atom is 0.244 e. The largest absolute Gasteiger partial charge is 0.486 e. The minimum atomic E-state index is -0.233. The summed E-state index contributed by atoms with van der Waals surface area (Å²) in [6, 6.07) is 8.86. The lowest BCUT2D eigenvalue weighted by Gasteiger charge is -2.18. The zero-order valence-electron chi connectivity index (χ0n) is 12.2. The number of aromatic nitrogens is 1. The topological polar surface area (TPSA) is 72.8 Å². The number of nitrogens with zero attached hydrogens (tertiary/aromatic N) is 2. The van der Waals surface area contributed by atoms with Crippen molar-refractivity contribution in [3.05, 3.63) is 52.8 Å². The molecule has 1 aliphatic heterocycles. The molecule has 0 atom stereocenters. The van der Waals surface area contributed by atoms with Crippen LogP contribution in [0.2, 0.25) is 5.15 Å². The number of carbonyl (C=O) groups excluding carboxylic acids is 1. The van der Waals surface area contributed by atoms with Crippen LogP contribution in [0.3, 0.4) is 0 Å². The summed E-state index contributed by atoms with van der Waals surface area (Å²) < 4.78 is 10.9. The molecule has 0 saturated carbocycles. The van der Waals surface area contributed by atoms with Gasteiger partial charge in [-0.2, -0.15) is 5.10 Å². The average Bonchev–Trinajstić information content (AvgIpc) is 2.57. The Morgan fingerprint density at radius 2 is 2.09 bits per heavy atom. The molecule has 0 unspecified atom stereocenters. The highest BCUT2D eigenvalue weighted by Crippen LogP contribution is 2.30. The molecule has 0 fully saturated rings. The molecule has 118 valence electrons. The number of hydrogen-bond acceptors (Lipinski definition) is 5. The minimum Gasteiger partial charge on any atom is -0.486 e. The number of pyridine rings is 1. The number of rotatable bonds is 4. The lowest BCUT2D eigenvalue weighted by atomic mass is 10.2. The van der Waals surface area contributed by atoms with Crippen LogP contribution in [-0.4, -0.2) is 30.3 Å². The highest BCUT2D eigenvalue weighted by Gasteiger charge is 2.10. The second-order valence-corrected chi connectivity index (χ2v) is 5.25. The Kier molecular flexibility index (Phi) is 4.73. The molecule has 1 N–H and O–H groups in total. The summed E-state index contributed by atoms with van der Waals surface area (Å²) in [5, 5.41) is 4.33. The zero-order chi connectivity index (χ0) is 16.1. The molecule has 1 aliphatic rings. The van der Waals surface area contributed by atoms with E-state index in [2.05, 4.69) is 15.5 Å². The van der Waals surface area contributed by atoms with Gasteiger partial charge < -0.3 is 9.47 Å². The van der Waals surface area contributed by atoms with E-state index in [0.717, 1.165) is 11.1 Å². The van der Waals surface area contributed by atoms with Crippen molar-refractivity contribution in [2.24, 2.45) is 5.10 Å². The van der Waals surface area contributed by atoms with Gasteiger partial charge in [-0.1, -0.05) is 17.7 Å². The number of nitrogens with one attached hydrogen (secondary N) is 1. The van der Waals surface area contributed by atoms with Gasteiger partial charge in [0.2, 0.25) is 5.91 Å². The normalized spacial score (nSPS) is 13.1. The summed E-state index contributed by atoms with van der Waals surface area (Å²) in [5.74, 6) is 1.16. The molecule has 0 spiro atoms. The molecular weight excluding hydrogens is 318 g/mol. The summed E-state index contributed by atoms with van der Waals surface area (Å²) in [6.45, 7) is 1.08. The van der Waals surface area contributed by atoms with E-state index in [1.807, 2.05) is 18.2 Å². The summed E-state index contributed by atoms with van der Waals surface area (Å²) >= 11 is 5.70. The Bertz CT molecular complexity index is 732. The van der Waals surface area contributed by atoms with E-state index in [-0.39, 0.29) is 12.3 Å². The molecule has 0 radical (unpaired) electrons. The lowest BCUT2D eigenvalue weighted by molar-refractivity contribution is -0.120. The van der Waals surface area contributed by atoms with Crippen LogP contribution in [0, 0.1) is 0 Å². The number of ether oxygens (including phenoxy) is 2. The number of amides is 1. The third-order valence-electron chi connectivity index (χ3n) is 3.12. The minimum absolute atomic E-state index is 0.183. The summed E-state index contributed by atoms with van der Waals surface area (Å²) in [7, 11) is 0. The molecule has 7 heteroatoms. The highest BCUT2D eigenvalue weighted by molar-refractivity contribution is 6.29. The van der Waals surface area contributed by atoms with E-state index in [9.17, 15) is 4.79 Å². The highest BCUT2D eigenvalue weighted by atomic mass is 35.5. The van der Waals surface area contributed by atoms with Crippen molar-refractivity contribution in [1.82, 2.24) is 10.4 Å². The molecular formula is C16H14ClN3O3. The Labute approximate surface area is 138 Å². The molecule has 3 rings (SSSR count). The van der Waals surface area contributed by atoms with Crippen LogP contribution in [-0.2, 0) is 11.2 Å². The van der Waals surface area contributed by atoms with Gasteiger partial charge in [0.25, 0.3) is 0 Å². The van der Waals surface area contributed by atoms with Gasteiger partial charge in [0, 0.05) is 6.20 Å². The summed E-state index contributed by atoms with van der Waals surface area (Å²) in [5.41, 5.74) is 4.05. The molecule has 2 heterocycles. The molecule has 23 heavy (non-hydrogen) atoms. The predicted octanol–water partition coefficient (Wildman–Crippen LogP) is 2.20. The molecule has 0 aliphatic carbocycles. The summed E-state index contributed by atoms with van der Waals surface area (Å²) in [4.78, 5) is 15.7. The lowest BCUT2D eigenvalue weighted by Crippen LogP contribution is -2.20. The number of hydrogen-bond donors (Lipinski definition) is 1. The van der Waals surface area contributed by atoms with Gasteiger partial charge in [-0.05, 0) is 35.4 Å². The first-order valence-corrected chi connectivity index (χ1v) is 7.40. The number of carbonyl (C=O) groups is 1.